The maximum absolute atomic E-state index is 12.1. The molecule has 7 nitrogen and oxygen atoms in total. The standard InChI is InChI=1S/C22H29N5O2/c1-15-11-23-9-8-18(15)19-13-25-26-22(19)17-6-4-16(5-7-17)12-24-20(28)14-27-10-2-3-21(27)29/h8-9,11,13,16-17H,2-7,10,12,14H2,1H3,(H,24,28)(H,25,26). The summed E-state index contributed by atoms with van der Waals surface area (Å²) in [5.74, 6) is 1.03. The zero-order chi connectivity index (χ0) is 20.2. The molecular weight excluding hydrogens is 366 g/mol. The molecule has 0 unspecified atom stereocenters. The van der Waals surface area contributed by atoms with Gasteiger partial charge in [-0.05, 0) is 62.1 Å². The van der Waals surface area contributed by atoms with Crippen molar-refractivity contribution >= 4 is 11.8 Å². The summed E-state index contributed by atoms with van der Waals surface area (Å²) in [6, 6.07) is 2.05. The molecule has 2 amide bonds. The van der Waals surface area contributed by atoms with E-state index in [9.17, 15) is 9.59 Å². The minimum Gasteiger partial charge on any atom is -0.354 e. The van der Waals surface area contributed by atoms with Crippen LogP contribution in [-0.4, -0.2) is 51.5 Å². The number of nitrogens with zero attached hydrogens (tertiary/aromatic N) is 3. The monoisotopic (exact) mass is 395 g/mol. The fourth-order valence-electron chi connectivity index (χ4n) is 4.61. The van der Waals surface area contributed by atoms with Crippen LogP contribution in [0.15, 0.2) is 24.7 Å². The van der Waals surface area contributed by atoms with E-state index in [4.69, 9.17) is 0 Å². The summed E-state index contributed by atoms with van der Waals surface area (Å²) < 4.78 is 0. The Balaban J connectivity index is 1.28. The molecule has 4 rings (SSSR count). The quantitative estimate of drug-likeness (QED) is 0.787. The number of likely N-dealkylation sites (tertiary alicyclic amines) is 1. The number of carbonyl (C=O) groups is 2. The van der Waals surface area contributed by atoms with E-state index in [1.165, 1.54) is 16.8 Å². The Kier molecular flexibility index (Phi) is 5.92. The maximum atomic E-state index is 12.1. The highest BCUT2D eigenvalue weighted by Gasteiger charge is 2.27. The predicted octanol–water partition coefficient (Wildman–Crippen LogP) is 2.79. The lowest BCUT2D eigenvalue weighted by Gasteiger charge is -2.29. The van der Waals surface area contributed by atoms with Crippen LogP contribution in [0.25, 0.3) is 11.1 Å². The fourth-order valence-corrected chi connectivity index (χ4v) is 4.61. The smallest absolute Gasteiger partial charge is 0.239 e. The van der Waals surface area contributed by atoms with Gasteiger partial charge in [-0.1, -0.05) is 0 Å². The summed E-state index contributed by atoms with van der Waals surface area (Å²) in [5.41, 5.74) is 4.74. The molecule has 0 radical (unpaired) electrons. The molecule has 1 saturated carbocycles. The summed E-state index contributed by atoms with van der Waals surface area (Å²) in [6.45, 7) is 3.69. The maximum Gasteiger partial charge on any atom is 0.239 e. The van der Waals surface area contributed by atoms with Crippen LogP contribution in [-0.2, 0) is 9.59 Å². The molecule has 1 aliphatic carbocycles. The van der Waals surface area contributed by atoms with E-state index in [-0.39, 0.29) is 18.4 Å². The lowest BCUT2D eigenvalue weighted by Crippen LogP contribution is -2.40. The number of hydrogen-bond donors (Lipinski definition) is 2. The minimum absolute atomic E-state index is 0.0358. The number of H-pyrrole nitrogens is 1. The topological polar surface area (TPSA) is 91.0 Å². The molecule has 2 N–H and O–H groups in total. The number of carbonyl (C=O) groups excluding carboxylic acids is 2. The predicted molar refractivity (Wildman–Crippen MR) is 110 cm³/mol. The Labute approximate surface area is 171 Å². The molecule has 7 heteroatoms. The molecule has 29 heavy (non-hydrogen) atoms. The van der Waals surface area contributed by atoms with Crippen LogP contribution in [0.1, 0.15) is 55.7 Å². The third-order valence-electron chi connectivity index (χ3n) is 6.33. The number of rotatable bonds is 6. The van der Waals surface area contributed by atoms with Gasteiger partial charge in [0.2, 0.25) is 11.8 Å². The SMILES string of the molecule is Cc1cnccc1-c1cn[nH]c1C1CCC(CNC(=O)CN2CCCC2=O)CC1. The largest absolute Gasteiger partial charge is 0.354 e. The van der Waals surface area contributed by atoms with Gasteiger partial charge in [-0.2, -0.15) is 5.10 Å². The van der Waals surface area contributed by atoms with Gasteiger partial charge in [0.15, 0.2) is 0 Å². The third kappa shape index (κ3) is 4.49. The van der Waals surface area contributed by atoms with Crippen molar-refractivity contribution in [2.24, 2.45) is 5.92 Å². The number of aromatic nitrogens is 3. The highest BCUT2D eigenvalue weighted by atomic mass is 16.2. The van der Waals surface area contributed by atoms with Crippen LogP contribution in [0.5, 0.6) is 0 Å². The number of nitrogens with one attached hydrogen (secondary N) is 2. The Morgan fingerprint density at radius 1 is 1.24 bits per heavy atom. The number of hydrogen-bond acceptors (Lipinski definition) is 4. The second kappa shape index (κ2) is 8.76. The molecule has 0 atom stereocenters. The van der Waals surface area contributed by atoms with Crippen molar-refractivity contribution < 1.29 is 9.59 Å². The highest BCUT2D eigenvalue weighted by Crippen LogP contribution is 2.39. The second-order valence-corrected chi connectivity index (χ2v) is 8.33. The van der Waals surface area contributed by atoms with Crippen molar-refractivity contribution in [2.45, 2.75) is 51.4 Å². The molecule has 154 valence electrons. The normalized spacial score (nSPS) is 22.1. The molecule has 0 aromatic carbocycles. The summed E-state index contributed by atoms with van der Waals surface area (Å²) in [7, 11) is 0. The first-order valence-corrected chi connectivity index (χ1v) is 10.6. The van der Waals surface area contributed by atoms with Crippen LogP contribution >= 0.6 is 0 Å². The fraction of sp³-hybridized carbons (Fsp3) is 0.545. The Morgan fingerprint density at radius 2 is 2.07 bits per heavy atom. The van der Waals surface area contributed by atoms with E-state index < -0.39 is 0 Å². The Hall–Kier alpha value is -2.70. The van der Waals surface area contributed by atoms with Crippen molar-refractivity contribution in [3.05, 3.63) is 35.9 Å². The summed E-state index contributed by atoms with van der Waals surface area (Å²) >= 11 is 0. The van der Waals surface area contributed by atoms with Crippen molar-refractivity contribution in [2.75, 3.05) is 19.6 Å². The van der Waals surface area contributed by atoms with Crippen molar-refractivity contribution in [3.63, 3.8) is 0 Å². The van der Waals surface area contributed by atoms with E-state index in [0.717, 1.165) is 37.7 Å². The number of aromatic amines is 1. The van der Waals surface area contributed by atoms with Gasteiger partial charge in [0.05, 0.1) is 12.7 Å². The van der Waals surface area contributed by atoms with Crippen molar-refractivity contribution in [1.82, 2.24) is 25.4 Å². The molecule has 2 aromatic rings. The van der Waals surface area contributed by atoms with Crippen LogP contribution in [0, 0.1) is 12.8 Å². The lowest BCUT2D eigenvalue weighted by atomic mass is 9.79. The summed E-state index contributed by atoms with van der Waals surface area (Å²) in [6.07, 6.45) is 11.4. The molecule has 1 saturated heterocycles. The van der Waals surface area contributed by atoms with Gasteiger partial charge in [0.25, 0.3) is 0 Å². The van der Waals surface area contributed by atoms with Crippen LogP contribution < -0.4 is 5.32 Å². The van der Waals surface area contributed by atoms with Gasteiger partial charge in [-0.25, -0.2) is 0 Å². The molecule has 3 heterocycles. The van der Waals surface area contributed by atoms with Crippen LogP contribution in [0.4, 0.5) is 0 Å². The first kappa shape index (κ1) is 19.6. The van der Waals surface area contributed by atoms with Crippen LogP contribution in [0.2, 0.25) is 0 Å². The first-order chi connectivity index (χ1) is 14.1. The van der Waals surface area contributed by atoms with Gasteiger partial charge >= 0.3 is 0 Å². The number of aryl methyl sites for hydroxylation is 1. The lowest BCUT2D eigenvalue weighted by molar-refractivity contribution is -0.133. The highest BCUT2D eigenvalue weighted by molar-refractivity contribution is 5.85. The Bertz CT molecular complexity index is 870. The van der Waals surface area contributed by atoms with Crippen molar-refractivity contribution in [3.8, 4) is 11.1 Å². The van der Waals surface area contributed by atoms with Gasteiger partial charge in [-0.3, -0.25) is 19.7 Å². The van der Waals surface area contributed by atoms with Crippen LogP contribution in [0.3, 0.4) is 0 Å². The van der Waals surface area contributed by atoms with Gasteiger partial charge < -0.3 is 10.2 Å². The first-order valence-electron chi connectivity index (χ1n) is 10.6. The average molecular weight is 396 g/mol. The number of amides is 2. The summed E-state index contributed by atoms with van der Waals surface area (Å²) in [5, 5.41) is 10.6. The zero-order valence-corrected chi connectivity index (χ0v) is 17.0. The summed E-state index contributed by atoms with van der Waals surface area (Å²) in [4.78, 5) is 29.6. The van der Waals surface area contributed by atoms with E-state index in [1.54, 1.807) is 4.90 Å². The van der Waals surface area contributed by atoms with E-state index in [0.29, 0.717) is 31.3 Å². The average Bonchev–Trinajstić information content (AvgIpc) is 3.37. The van der Waals surface area contributed by atoms with Crippen molar-refractivity contribution in [1.29, 1.82) is 0 Å². The molecule has 2 fully saturated rings. The van der Waals surface area contributed by atoms with E-state index in [2.05, 4.69) is 33.5 Å². The van der Waals surface area contributed by atoms with Gasteiger partial charge in [0, 0.05) is 49.1 Å². The molecule has 2 aromatic heterocycles. The third-order valence-corrected chi connectivity index (χ3v) is 6.33. The second-order valence-electron chi connectivity index (χ2n) is 8.33. The Morgan fingerprint density at radius 3 is 2.79 bits per heavy atom. The van der Waals surface area contributed by atoms with E-state index in [1.807, 2.05) is 18.6 Å². The minimum atomic E-state index is -0.0358. The molecule has 1 aliphatic heterocycles. The number of pyridine rings is 1. The van der Waals surface area contributed by atoms with E-state index >= 15 is 0 Å². The zero-order valence-electron chi connectivity index (χ0n) is 17.0. The molecule has 0 bridgehead atoms. The molecular formula is C22H29N5O2. The molecule has 2 aliphatic rings. The van der Waals surface area contributed by atoms with Gasteiger partial charge in [0.1, 0.15) is 0 Å². The molecule has 0 spiro atoms. The van der Waals surface area contributed by atoms with Gasteiger partial charge in [-0.15, -0.1) is 0 Å².